The normalized spacial score (nSPS) is 16.0. The minimum absolute atomic E-state index is 0.0905. The Hall–Kier alpha value is -1.79. The van der Waals surface area contributed by atoms with Gasteiger partial charge in [-0.05, 0) is 25.3 Å². The second-order valence-electron chi connectivity index (χ2n) is 7.63. The summed E-state index contributed by atoms with van der Waals surface area (Å²) in [5.41, 5.74) is 1.56. The van der Waals surface area contributed by atoms with Gasteiger partial charge in [0.25, 0.3) is 5.91 Å². The number of hydrogen-bond acceptors (Lipinski definition) is 4. The number of thiazole rings is 1. The lowest BCUT2D eigenvalue weighted by Crippen LogP contribution is -2.35. The molecule has 27 heavy (non-hydrogen) atoms. The van der Waals surface area contributed by atoms with Gasteiger partial charge in [-0.2, -0.15) is 0 Å². The van der Waals surface area contributed by atoms with E-state index in [9.17, 15) is 9.18 Å². The topological polar surface area (TPSA) is 36.4 Å². The van der Waals surface area contributed by atoms with Gasteiger partial charge in [0, 0.05) is 44.7 Å². The second-order valence-corrected chi connectivity index (χ2v) is 8.72. The Morgan fingerprint density at radius 1 is 1.22 bits per heavy atom. The fourth-order valence-electron chi connectivity index (χ4n) is 3.43. The minimum Gasteiger partial charge on any atom is -0.337 e. The van der Waals surface area contributed by atoms with Gasteiger partial charge in [-0.25, -0.2) is 9.37 Å². The Kier molecular flexibility index (Phi) is 6.60. The lowest BCUT2D eigenvalue weighted by atomic mass is 10.1. The van der Waals surface area contributed by atoms with Crippen molar-refractivity contribution in [3.8, 4) is 0 Å². The Balaban J connectivity index is 1.63. The zero-order valence-electron chi connectivity index (χ0n) is 16.4. The second kappa shape index (κ2) is 8.93. The molecule has 0 N–H and O–H groups in total. The predicted octanol–water partition coefficient (Wildman–Crippen LogP) is 4.14. The molecule has 1 aliphatic rings. The first-order valence-electron chi connectivity index (χ1n) is 9.65. The van der Waals surface area contributed by atoms with Crippen LogP contribution < -0.4 is 0 Å². The van der Waals surface area contributed by atoms with E-state index in [4.69, 9.17) is 0 Å². The lowest BCUT2D eigenvalue weighted by molar-refractivity contribution is 0.0765. The molecular formula is C21H28FN3OS. The molecule has 1 amide bonds. The number of nitrogens with zero attached hydrogens (tertiary/aromatic N) is 3. The summed E-state index contributed by atoms with van der Waals surface area (Å²) < 4.78 is 13.9. The van der Waals surface area contributed by atoms with Crippen LogP contribution in [0, 0.1) is 18.7 Å². The van der Waals surface area contributed by atoms with Crippen LogP contribution in [0.3, 0.4) is 0 Å². The number of carbonyl (C=O) groups is 1. The molecule has 1 aliphatic heterocycles. The SMILES string of the molecule is Cc1nc(CC(C)C)sc1C(=O)N1CCCN(Cc2ccccc2F)CC1. The maximum Gasteiger partial charge on any atom is 0.265 e. The van der Waals surface area contributed by atoms with Crippen LogP contribution in [0.25, 0.3) is 0 Å². The quantitative estimate of drug-likeness (QED) is 0.771. The average Bonchev–Trinajstić information content (AvgIpc) is 2.83. The molecule has 0 radical (unpaired) electrons. The zero-order chi connectivity index (χ0) is 19.4. The Labute approximate surface area is 165 Å². The van der Waals surface area contributed by atoms with Crippen LogP contribution in [-0.4, -0.2) is 46.9 Å². The maximum absolute atomic E-state index is 13.9. The molecule has 0 bridgehead atoms. The number of aromatic nitrogens is 1. The summed E-state index contributed by atoms with van der Waals surface area (Å²) in [6.45, 7) is 9.89. The van der Waals surface area contributed by atoms with Crippen molar-refractivity contribution in [3.63, 3.8) is 0 Å². The molecule has 1 fully saturated rings. The monoisotopic (exact) mass is 389 g/mol. The van der Waals surface area contributed by atoms with Gasteiger partial charge in [0.15, 0.2) is 0 Å². The maximum atomic E-state index is 13.9. The van der Waals surface area contributed by atoms with E-state index in [0.717, 1.165) is 48.1 Å². The van der Waals surface area contributed by atoms with Crippen LogP contribution >= 0.6 is 11.3 Å². The number of aryl methyl sites for hydroxylation is 1. The molecule has 1 aromatic heterocycles. The Morgan fingerprint density at radius 2 is 2.00 bits per heavy atom. The highest BCUT2D eigenvalue weighted by Crippen LogP contribution is 2.23. The lowest BCUT2D eigenvalue weighted by Gasteiger charge is -2.22. The molecule has 0 unspecified atom stereocenters. The molecule has 2 heterocycles. The first-order valence-corrected chi connectivity index (χ1v) is 10.5. The van der Waals surface area contributed by atoms with Crippen molar-refractivity contribution in [2.24, 2.45) is 5.92 Å². The standard InChI is InChI=1S/C21H28FN3OS/c1-15(2)13-19-23-16(3)20(27-19)21(26)25-10-6-9-24(11-12-25)14-17-7-4-5-8-18(17)22/h4-5,7-8,15H,6,9-14H2,1-3H3. The van der Waals surface area contributed by atoms with Crippen molar-refractivity contribution in [2.75, 3.05) is 26.2 Å². The van der Waals surface area contributed by atoms with E-state index in [1.165, 1.54) is 17.4 Å². The molecule has 1 saturated heterocycles. The summed E-state index contributed by atoms with van der Waals surface area (Å²) in [5, 5.41) is 1.04. The van der Waals surface area contributed by atoms with E-state index < -0.39 is 0 Å². The molecule has 2 aromatic rings. The highest BCUT2D eigenvalue weighted by atomic mass is 32.1. The summed E-state index contributed by atoms with van der Waals surface area (Å²) in [5.74, 6) is 0.462. The van der Waals surface area contributed by atoms with E-state index in [1.807, 2.05) is 24.0 Å². The smallest absolute Gasteiger partial charge is 0.265 e. The first-order chi connectivity index (χ1) is 12.9. The molecule has 146 valence electrons. The number of carbonyl (C=O) groups excluding carboxylic acids is 1. The highest BCUT2D eigenvalue weighted by molar-refractivity contribution is 7.13. The van der Waals surface area contributed by atoms with Crippen LogP contribution in [0.5, 0.6) is 0 Å². The molecule has 0 saturated carbocycles. The average molecular weight is 390 g/mol. The first kappa shape index (κ1) is 20.0. The van der Waals surface area contributed by atoms with Crippen LogP contribution in [0.15, 0.2) is 24.3 Å². The summed E-state index contributed by atoms with van der Waals surface area (Å²) in [7, 11) is 0. The number of hydrogen-bond donors (Lipinski definition) is 0. The highest BCUT2D eigenvalue weighted by Gasteiger charge is 2.24. The minimum atomic E-state index is -0.160. The van der Waals surface area contributed by atoms with E-state index >= 15 is 0 Å². The van der Waals surface area contributed by atoms with Crippen molar-refractivity contribution in [2.45, 2.75) is 40.2 Å². The summed E-state index contributed by atoms with van der Waals surface area (Å²) >= 11 is 1.54. The molecular weight excluding hydrogens is 361 g/mol. The molecule has 0 aliphatic carbocycles. The summed E-state index contributed by atoms with van der Waals surface area (Å²) in [6.07, 6.45) is 1.81. The number of halogens is 1. The van der Waals surface area contributed by atoms with Gasteiger partial charge in [-0.3, -0.25) is 9.69 Å². The zero-order valence-corrected chi connectivity index (χ0v) is 17.2. The largest absolute Gasteiger partial charge is 0.337 e. The van der Waals surface area contributed by atoms with Crippen LogP contribution in [-0.2, 0) is 13.0 Å². The van der Waals surface area contributed by atoms with Gasteiger partial charge in [0.1, 0.15) is 10.7 Å². The van der Waals surface area contributed by atoms with Crippen molar-refractivity contribution in [3.05, 3.63) is 51.2 Å². The van der Waals surface area contributed by atoms with Gasteiger partial charge < -0.3 is 4.90 Å². The molecule has 0 spiro atoms. The molecule has 4 nitrogen and oxygen atoms in total. The number of rotatable bonds is 5. The number of amides is 1. The van der Waals surface area contributed by atoms with Crippen molar-refractivity contribution < 1.29 is 9.18 Å². The van der Waals surface area contributed by atoms with Crippen molar-refractivity contribution in [1.29, 1.82) is 0 Å². The van der Waals surface area contributed by atoms with E-state index in [1.54, 1.807) is 6.07 Å². The third-order valence-corrected chi connectivity index (χ3v) is 6.01. The summed E-state index contributed by atoms with van der Waals surface area (Å²) in [6, 6.07) is 6.92. The van der Waals surface area contributed by atoms with Crippen LogP contribution in [0.2, 0.25) is 0 Å². The van der Waals surface area contributed by atoms with E-state index in [-0.39, 0.29) is 11.7 Å². The third kappa shape index (κ3) is 5.14. The molecule has 6 heteroatoms. The molecule has 3 rings (SSSR count). The van der Waals surface area contributed by atoms with Gasteiger partial charge >= 0.3 is 0 Å². The Bertz CT molecular complexity index is 789. The van der Waals surface area contributed by atoms with E-state index in [2.05, 4.69) is 23.7 Å². The van der Waals surface area contributed by atoms with E-state index in [0.29, 0.717) is 24.6 Å². The summed E-state index contributed by atoms with van der Waals surface area (Å²) in [4.78, 5) is 22.5. The van der Waals surface area contributed by atoms with Gasteiger partial charge in [0.05, 0.1) is 10.7 Å². The van der Waals surface area contributed by atoms with Crippen LogP contribution in [0.1, 0.15) is 46.2 Å². The third-order valence-electron chi connectivity index (χ3n) is 4.85. The van der Waals surface area contributed by atoms with Gasteiger partial charge in [0.2, 0.25) is 0 Å². The van der Waals surface area contributed by atoms with Crippen molar-refractivity contribution >= 4 is 17.2 Å². The Morgan fingerprint density at radius 3 is 2.74 bits per heavy atom. The van der Waals surface area contributed by atoms with Crippen LogP contribution in [0.4, 0.5) is 4.39 Å². The van der Waals surface area contributed by atoms with Gasteiger partial charge in [-0.15, -0.1) is 11.3 Å². The van der Waals surface area contributed by atoms with Gasteiger partial charge in [-0.1, -0.05) is 32.0 Å². The number of benzene rings is 1. The van der Waals surface area contributed by atoms with Crippen molar-refractivity contribution in [1.82, 2.24) is 14.8 Å². The predicted molar refractivity (Wildman–Crippen MR) is 108 cm³/mol. The fourth-order valence-corrected chi connectivity index (χ4v) is 4.68. The molecule has 0 atom stereocenters. The fraction of sp³-hybridized carbons (Fsp3) is 0.524. The molecule has 1 aromatic carbocycles.